The van der Waals surface area contributed by atoms with Crippen LogP contribution in [0, 0.1) is 0 Å². The Labute approximate surface area is 322 Å². The van der Waals surface area contributed by atoms with Crippen LogP contribution in [0.1, 0.15) is 25.0 Å². The molecule has 10 aromatic rings. The van der Waals surface area contributed by atoms with Gasteiger partial charge in [0, 0.05) is 5.41 Å². The second-order valence-corrected chi connectivity index (χ2v) is 15.6. The first-order valence-electron chi connectivity index (χ1n) is 19.4. The van der Waals surface area contributed by atoms with Gasteiger partial charge in [-0.25, -0.2) is 0 Å². The van der Waals surface area contributed by atoms with Crippen molar-refractivity contribution < 1.29 is 0 Å². The summed E-state index contributed by atoms with van der Waals surface area (Å²) in [5.74, 6) is 0. The van der Waals surface area contributed by atoms with Gasteiger partial charge in [0.15, 0.2) is 0 Å². The van der Waals surface area contributed by atoms with Crippen molar-refractivity contribution in [2.75, 3.05) is 0 Å². The van der Waals surface area contributed by atoms with E-state index in [1.54, 1.807) is 0 Å². The van der Waals surface area contributed by atoms with Crippen LogP contribution in [0.3, 0.4) is 0 Å². The molecule has 0 N–H and O–H groups in total. The summed E-state index contributed by atoms with van der Waals surface area (Å²) in [6.07, 6.45) is 0. The second kappa shape index (κ2) is 12.1. The standard InChI is InChI=1S/C55H38/c1-55(2)49-28-16-15-27-45(49)53-41-24-12-11-23-40(41)48(34-50(53)55)38-30-31-44(47(33-38)35-17-5-3-6-18-35)52-43-26-14-13-25-42(43)51(37-20-7-4-8-21-37)54-39-22-10-9-19-36(39)29-32-46(52)54/h3-34H,1-2H3. The van der Waals surface area contributed by atoms with E-state index >= 15 is 0 Å². The maximum Gasteiger partial charge on any atom is 0.0159 e. The third kappa shape index (κ3) is 4.71. The molecule has 0 nitrogen and oxygen atoms in total. The topological polar surface area (TPSA) is 0 Å². The van der Waals surface area contributed by atoms with E-state index in [0.717, 1.165) is 0 Å². The summed E-state index contributed by atoms with van der Waals surface area (Å²) in [5.41, 5.74) is 15.4. The predicted molar refractivity (Wildman–Crippen MR) is 236 cm³/mol. The van der Waals surface area contributed by atoms with Gasteiger partial charge < -0.3 is 0 Å². The molecule has 0 saturated heterocycles. The summed E-state index contributed by atoms with van der Waals surface area (Å²) in [6.45, 7) is 4.77. The first-order chi connectivity index (χ1) is 27.1. The zero-order chi connectivity index (χ0) is 36.7. The first kappa shape index (κ1) is 31.7. The molecule has 0 atom stereocenters. The van der Waals surface area contributed by atoms with Crippen molar-refractivity contribution in [3.63, 3.8) is 0 Å². The summed E-state index contributed by atoms with van der Waals surface area (Å²) in [7, 11) is 0. The van der Waals surface area contributed by atoms with E-state index in [0.29, 0.717) is 0 Å². The Bertz CT molecular complexity index is 3150. The smallest absolute Gasteiger partial charge is 0.0159 e. The van der Waals surface area contributed by atoms with E-state index in [4.69, 9.17) is 0 Å². The van der Waals surface area contributed by atoms with Crippen molar-refractivity contribution in [3.05, 3.63) is 205 Å². The van der Waals surface area contributed by atoms with Crippen molar-refractivity contribution >= 4 is 43.1 Å². The molecule has 0 radical (unpaired) electrons. The van der Waals surface area contributed by atoms with Crippen LogP contribution in [0.4, 0.5) is 0 Å². The molecule has 0 aromatic heterocycles. The molecule has 0 fully saturated rings. The monoisotopic (exact) mass is 698 g/mol. The average molecular weight is 699 g/mol. The predicted octanol–water partition coefficient (Wildman–Crippen LogP) is 15.3. The highest BCUT2D eigenvalue weighted by atomic mass is 14.4. The van der Waals surface area contributed by atoms with Gasteiger partial charge >= 0.3 is 0 Å². The minimum Gasteiger partial charge on any atom is -0.0622 e. The van der Waals surface area contributed by atoms with Crippen LogP contribution >= 0.6 is 0 Å². The van der Waals surface area contributed by atoms with Crippen molar-refractivity contribution in [3.8, 4) is 55.6 Å². The lowest BCUT2D eigenvalue weighted by molar-refractivity contribution is 0.661. The van der Waals surface area contributed by atoms with E-state index in [9.17, 15) is 0 Å². The van der Waals surface area contributed by atoms with E-state index in [1.807, 2.05) is 0 Å². The molecule has 0 heterocycles. The van der Waals surface area contributed by atoms with Crippen LogP contribution in [-0.2, 0) is 5.41 Å². The maximum absolute atomic E-state index is 2.49. The third-order valence-corrected chi connectivity index (χ3v) is 12.2. The van der Waals surface area contributed by atoms with E-state index in [1.165, 1.54) is 110 Å². The molecule has 0 heteroatoms. The van der Waals surface area contributed by atoms with Gasteiger partial charge in [-0.05, 0) is 122 Å². The molecule has 0 amide bonds. The zero-order valence-electron chi connectivity index (χ0n) is 31.0. The normalized spacial score (nSPS) is 13.1. The van der Waals surface area contributed by atoms with Gasteiger partial charge in [0.2, 0.25) is 0 Å². The Kier molecular flexibility index (Phi) is 7.00. The van der Waals surface area contributed by atoms with Gasteiger partial charge in [-0.2, -0.15) is 0 Å². The number of rotatable bonds is 4. The van der Waals surface area contributed by atoms with Gasteiger partial charge in [0.05, 0.1) is 0 Å². The molecule has 10 aromatic carbocycles. The van der Waals surface area contributed by atoms with Crippen LogP contribution in [-0.4, -0.2) is 0 Å². The van der Waals surface area contributed by atoms with E-state index < -0.39 is 0 Å². The van der Waals surface area contributed by atoms with Gasteiger partial charge in [-0.3, -0.25) is 0 Å². The number of hydrogen-bond acceptors (Lipinski definition) is 0. The largest absolute Gasteiger partial charge is 0.0622 e. The molecule has 1 aliphatic rings. The third-order valence-electron chi connectivity index (χ3n) is 12.2. The molecule has 0 saturated carbocycles. The molecule has 0 unspecified atom stereocenters. The minimum atomic E-state index is -0.103. The number of fused-ring (bicyclic) bond motifs is 9. The molecular weight excluding hydrogens is 661 g/mol. The fraction of sp³-hybridized carbons (Fsp3) is 0.0545. The van der Waals surface area contributed by atoms with E-state index in [2.05, 4.69) is 208 Å². The Morgan fingerprint density at radius 2 is 0.873 bits per heavy atom. The fourth-order valence-corrected chi connectivity index (χ4v) is 9.72. The molecule has 55 heavy (non-hydrogen) atoms. The molecule has 1 aliphatic carbocycles. The Morgan fingerprint density at radius 1 is 0.291 bits per heavy atom. The van der Waals surface area contributed by atoms with Gasteiger partial charge in [0.1, 0.15) is 0 Å². The summed E-state index contributed by atoms with van der Waals surface area (Å²) in [4.78, 5) is 0. The molecule has 258 valence electrons. The molecule has 11 rings (SSSR count). The van der Waals surface area contributed by atoms with Crippen LogP contribution in [0.25, 0.3) is 98.7 Å². The van der Waals surface area contributed by atoms with Crippen LogP contribution in [0.15, 0.2) is 194 Å². The average Bonchev–Trinajstić information content (AvgIpc) is 3.48. The number of hydrogen-bond donors (Lipinski definition) is 0. The summed E-state index contributed by atoms with van der Waals surface area (Å²) in [6, 6.07) is 72.2. The Balaban J connectivity index is 1.24. The van der Waals surface area contributed by atoms with Crippen molar-refractivity contribution in [2.45, 2.75) is 19.3 Å². The highest BCUT2D eigenvalue weighted by Gasteiger charge is 2.37. The quantitative estimate of drug-likeness (QED) is 0.127. The lowest BCUT2D eigenvalue weighted by Crippen LogP contribution is -2.15. The molecular formula is C55H38. The lowest BCUT2D eigenvalue weighted by atomic mass is 9.79. The maximum atomic E-state index is 2.49. The van der Waals surface area contributed by atoms with Crippen LogP contribution in [0.5, 0.6) is 0 Å². The SMILES string of the molecule is CC1(C)c2ccccc2-c2c1cc(-c1ccc(-c3c4ccccc4c(-c4ccccc4)c4c3ccc3ccccc34)c(-c3ccccc3)c1)c1ccccc21. The number of benzene rings is 10. The van der Waals surface area contributed by atoms with Gasteiger partial charge in [-0.15, -0.1) is 0 Å². The Hall–Kier alpha value is -6.76. The molecule has 0 bridgehead atoms. The first-order valence-corrected chi connectivity index (χ1v) is 19.4. The minimum absolute atomic E-state index is 0.103. The van der Waals surface area contributed by atoms with Crippen LogP contribution < -0.4 is 0 Å². The fourth-order valence-electron chi connectivity index (χ4n) is 9.72. The van der Waals surface area contributed by atoms with Crippen LogP contribution in [0.2, 0.25) is 0 Å². The highest BCUT2D eigenvalue weighted by molar-refractivity contribution is 6.28. The van der Waals surface area contributed by atoms with Gasteiger partial charge in [0.25, 0.3) is 0 Å². The zero-order valence-corrected chi connectivity index (χ0v) is 31.0. The van der Waals surface area contributed by atoms with Crippen molar-refractivity contribution in [1.29, 1.82) is 0 Å². The summed E-state index contributed by atoms with van der Waals surface area (Å²) >= 11 is 0. The molecule has 0 aliphatic heterocycles. The Morgan fingerprint density at radius 3 is 1.62 bits per heavy atom. The van der Waals surface area contributed by atoms with E-state index in [-0.39, 0.29) is 5.41 Å². The van der Waals surface area contributed by atoms with Crippen molar-refractivity contribution in [2.24, 2.45) is 0 Å². The van der Waals surface area contributed by atoms with Crippen molar-refractivity contribution in [1.82, 2.24) is 0 Å². The van der Waals surface area contributed by atoms with Gasteiger partial charge in [-0.1, -0.05) is 196 Å². The summed E-state index contributed by atoms with van der Waals surface area (Å²) < 4.78 is 0. The molecule has 0 spiro atoms. The highest BCUT2D eigenvalue weighted by Crippen LogP contribution is 2.54. The lowest BCUT2D eigenvalue weighted by Gasteiger charge is -2.24. The second-order valence-electron chi connectivity index (χ2n) is 15.6. The summed E-state index contributed by atoms with van der Waals surface area (Å²) in [5, 5.41) is 10.2.